The third-order valence-corrected chi connectivity index (χ3v) is 2.33. The van der Waals surface area contributed by atoms with E-state index in [1.807, 2.05) is 5.38 Å². The molecule has 7 heteroatoms. The average molecular weight is 276 g/mol. The van der Waals surface area contributed by atoms with Gasteiger partial charge in [0.1, 0.15) is 0 Å². The zero-order valence-corrected chi connectivity index (χ0v) is 9.84. The van der Waals surface area contributed by atoms with Crippen molar-refractivity contribution in [3.05, 3.63) is 11.1 Å². The van der Waals surface area contributed by atoms with Gasteiger partial charge < -0.3 is 0 Å². The van der Waals surface area contributed by atoms with Gasteiger partial charge in [-0.15, -0.1) is 0 Å². The second-order valence-electron chi connectivity index (χ2n) is 2.17. The van der Waals surface area contributed by atoms with E-state index in [-0.39, 0.29) is 0 Å². The molecule has 0 aliphatic heterocycles. The standard InChI is InChI=1S/C7H7N3O2SSe/c1-12-7(11)10-6-9-5(3-13-6)2-8-4-14/h3H,2H2,1H3,(H,9,10,11). The molecule has 1 aromatic rings. The molecule has 0 unspecified atom stereocenters. The summed E-state index contributed by atoms with van der Waals surface area (Å²) in [7, 11) is 1.30. The molecule has 0 saturated carbocycles. The van der Waals surface area contributed by atoms with Gasteiger partial charge in [-0.1, -0.05) is 0 Å². The molecular formula is C7H7N3O2SSe. The maximum atomic E-state index is 10.8. The van der Waals surface area contributed by atoms with E-state index in [1.54, 1.807) is 0 Å². The molecule has 1 amide bonds. The van der Waals surface area contributed by atoms with Gasteiger partial charge in [-0.2, -0.15) is 0 Å². The van der Waals surface area contributed by atoms with E-state index >= 15 is 0 Å². The van der Waals surface area contributed by atoms with Crippen molar-refractivity contribution in [1.82, 2.24) is 4.98 Å². The summed E-state index contributed by atoms with van der Waals surface area (Å²) in [4.78, 5) is 18.7. The van der Waals surface area contributed by atoms with Crippen LogP contribution in [0.4, 0.5) is 9.93 Å². The van der Waals surface area contributed by atoms with E-state index in [1.165, 1.54) is 18.4 Å². The molecule has 0 fully saturated rings. The molecule has 0 aliphatic rings. The quantitative estimate of drug-likeness (QED) is 0.659. The van der Waals surface area contributed by atoms with Gasteiger partial charge >= 0.3 is 92.4 Å². The van der Waals surface area contributed by atoms with E-state index in [2.05, 4.69) is 40.3 Å². The Morgan fingerprint density at radius 3 is 3.36 bits per heavy atom. The van der Waals surface area contributed by atoms with E-state index in [9.17, 15) is 4.79 Å². The van der Waals surface area contributed by atoms with Crippen molar-refractivity contribution in [2.75, 3.05) is 12.4 Å². The fourth-order valence-electron chi connectivity index (χ4n) is 0.689. The number of carbonyl (C=O) groups is 1. The number of aromatic nitrogens is 1. The summed E-state index contributed by atoms with van der Waals surface area (Å²) in [5.74, 6) is 0. The summed E-state index contributed by atoms with van der Waals surface area (Å²) in [6, 6.07) is 0. The predicted molar refractivity (Wildman–Crippen MR) is 55.0 cm³/mol. The van der Waals surface area contributed by atoms with Gasteiger partial charge in [-0.25, -0.2) is 0 Å². The predicted octanol–water partition coefficient (Wildman–Crippen LogP) is 0.895. The molecule has 0 aliphatic carbocycles. The monoisotopic (exact) mass is 277 g/mol. The van der Waals surface area contributed by atoms with Gasteiger partial charge in [0.15, 0.2) is 0 Å². The summed E-state index contributed by atoms with van der Waals surface area (Å²) in [5, 5.41) is 4.78. The fourth-order valence-corrected chi connectivity index (χ4v) is 1.51. The molecule has 0 radical (unpaired) electrons. The molecule has 0 spiro atoms. The molecule has 1 aromatic heterocycles. The number of carbonyl (C=O) groups excluding carboxylic acids is 1. The van der Waals surface area contributed by atoms with Crippen LogP contribution in [0.2, 0.25) is 0 Å². The Balaban J connectivity index is 2.58. The Labute approximate surface area is 92.6 Å². The van der Waals surface area contributed by atoms with Crippen LogP contribution in [0.25, 0.3) is 0 Å². The summed E-state index contributed by atoms with van der Waals surface area (Å²) in [6.07, 6.45) is -0.523. The molecule has 5 nitrogen and oxygen atoms in total. The number of methoxy groups -OCH3 is 1. The zero-order chi connectivity index (χ0) is 10.4. The van der Waals surface area contributed by atoms with Crippen LogP contribution in [0.5, 0.6) is 0 Å². The van der Waals surface area contributed by atoms with Crippen molar-refractivity contribution >= 4 is 42.9 Å². The van der Waals surface area contributed by atoms with Crippen molar-refractivity contribution in [3.63, 3.8) is 0 Å². The number of ether oxygens (including phenoxy) is 1. The van der Waals surface area contributed by atoms with Crippen LogP contribution in [0, 0.1) is 0 Å². The second-order valence-corrected chi connectivity index (χ2v) is 3.41. The number of amides is 1. The van der Waals surface area contributed by atoms with Crippen LogP contribution in [0.1, 0.15) is 5.69 Å². The third kappa shape index (κ3) is 3.39. The number of anilines is 1. The Hall–Kier alpha value is -1.00. The maximum absolute atomic E-state index is 10.8. The number of nitrogens with zero attached hydrogens (tertiary/aromatic N) is 2. The van der Waals surface area contributed by atoms with Crippen molar-refractivity contribution in [2.45, 2.75) is 6.54 Å². The first-order valence-electron chi connectivity index (χ1n) is 3.59. The first-order chi connectivity index (χ1) is 6.76. The van der Waals surface area contributed by atoms with Gasteiger partial charge in [0.05, 0.1) is 0 Å². The molecule has 0 bridgehead atoms. The van der Waals surface area contributed by atoms with E-state index in [0.717, 1.165) is 5.69 Å². The third-order valence-electron chi connectivity index (χ3n) is 1.25. The van der Waals surface area contributed by atoms with E-state index in [0.29, 0.717) is 11.7 Å². The van der Waals surface area contributed by atoms with Gasteiger partial charge in [0.25, 0.3) is 0 Å². The van der Waals surface area contributed by atoms with Crippen LogP contribution >= 0.6 is 11.3 Å². The van der Waals surface area contributed by atoms with Crippen LogP contribution in [-0.4, -0.2) is 38.5 Å². The molecule has 14 heavy (non-hydrogen) atoms. The minimum absolute atomic E-state index is 0.451. The Morgan fingerprint density at radius 1 is 1.93 bits per heavy atom. The normalized spacial score (nSPS) is 8.93. The van der Waals surface area contributed by atoms with E-state index in [4.69, 9.17) is 0 Å². The molecule has 0 atom stereocenters. The summed E-state index contributed by atoms with van der Waals surface area (Å²) >= 11 is 3.85. The van der Waals surface area contributed by atoms with Crippen molar-refractivity contribution in [2.24, 2.45) is 4.99 Å². The summed E-state index contributed by atoms with van der Waals surface area (Å²) in [5.41, 5.74) is 0.782. The molecule has 0 aromatic carbocycles. The molecular weight excluding hydrogens is 269 g/mol. The summed E-state index contributed by atoms with van der Waals surface area (Å²) in [6.45, 7) is 0.451. The van der Waals surface area contributed by atoms with Crippen molar-refractivity contribution in [1.29, 1.82) is 0 Å². The Kier molecular flexibility index (Phi) is 4.49. The van der Waals surface area contributed by atoms with Gasteiger partial charge in [0, 0.05) is 0 Å². The molecule has 1 N–H and O–H groups in total. The number of rotatable bonds is 3. The molecule has 1 heterocycles. The number of aliphatic imine (C=N–C) groups is 1. The first kappa shape index (κ1) is 11.1. The Bertz CT molecular complexity index is 373. The van der Waals surface area contributed by atoms with Crippen molar-refractivity contribution < 1.29 is 9.53 Å². The van der Waals surface area contributed by atoms with Gasteiger partial charge in [0.2, 0.25) is 0 Å². The van der Waals surface area contributed by atoms with Crippen LogP contribution < -0.4 is 5.32 Å². The fraction of sp³-hybridized carbons (Fsp3) is 0.286. The van der Waals surface area contributed by atoms with Gasteiger partial charge in [-0.3, -0.25) is 0 Å². The molecule has 74 valence electrons. The van der Waals surface area contributed by atoms with Crippen molar-refractivity contribution in [3.8, 4) is 0 Å². The van der Waals surface area contributed by atoms with Gasteiger partial charge in [-0.05, 0) is 0 Å². The van der Waals surface area contributed by atoms with Crippen LogP contribution in [-0.2, 0) is 11.3 Å². The average Bonchev–Trinajstić information content (AvgIpc) is 2.62. The number of thiazole rings is 1. The Morgan fingerprint density at radius 2 is 2.71 bits per heavy atom. The molecule has 0 saturated heterocycles. The summed E-state index contributed by atoms with van der Waals surface area (Å²) < 4.78 is 6.95. The number of hydrogen-bond acceptors (Lipinski definition) is 5. The first-order valence-corrected chi connectivity index (χ1v) is 5.33. The minimum atomic E-state index is -0.523. The molecule has 1 rings (SSSR count). The van der Waals surface area contributed by atoms with Crippen LogP contribution in [0.3, 0.4) is 0 Å². The number of hydrogen-bond donors (Lipinski definition) is 1. The topological polar surface area (TPSA) is 63.6 Å². The zero-order valence-electron chi connectivity index (χ0n) is 7.31. The van der Waals surface area contributed by atoms with Crippen LogP contribution in [0.15, 0.2) is 10.4 Å². The SMILES string of the molecule is COC(=O)Nc1nc(CN=C=[Se])cs1. The number of nitrogens with one attached hydrogen (secondary N) is 1. The second kappa shape index (κ2) is 5.67. The van der Waals surface area contributed by atoms with E-state index < -0.39 is 6.09 Å².